The second-order valence-corrected chi connectivity index (χ2v) is 8.53. The summed E-state index contributed by atoms with van der Waals surface area (Å²) in [4.78, 5) is 12.6. The number of thioether (sulfide) groups is 1. The molecule has 2 aromatic heterocycles. The quantitative estimate of drug-likeness (QED) is 0.364. The molecule has 2 heterocycles. The van der Waals surface area contributed by atoms with Gasteiger partial charge < -0.3 is 10.1 Å². The fourth-order valence-corrected chi connectivity index (χ4v) is 4.28. The molecule has 0 radical (unpaired) electrons. The van der Waals surface area contributed by atoms with Gasteiger partial charge in [0.05, 0.1) is 23.1 Å². The van der Waals surface area contributed by atoms with E-state index in [1.54, 1.807) is 11.7 Å². The SMILES string of the molecule is CCOc1ccc(-n2c(SCC(=O)Nc3cc(C)nn3C)nnc2-c2ccccc2Cl)cc1. The largest absolute Gasteiger partial charge is 0.494 e. The van der Waals surface area contributed by atoms with Crippen molar-refractivity contribution in [2.45, 2.75) is 19.0 Å². The molecule has 0 aliphatic rings. The van der Waals surface area contributed by atoms with Crippen LogP contribution < -0.4 is 10.1 Å². The molecule has 0 fully saturated rings. The first kappa shape index (κ1) is 22.9. The van der Waals surface area contributed by atoms with Crippen LogP contribution in [0.2, 0.25) is 5.02 Å². The first-order chi connectivity index (χ1) is 16.0. The van der Waals surface area contributed by atoms with Gasteiger partial charge in [-0.05, 0) is 50.2 Å². The molecule has 0 unspecified atom stereocenters. The van der Waals surface area contributed by atoms with Gasteiger partial charge in [0.25, 0.3) is 0 Å². The average molecular weight is 483 g/mol. The summed E-state index contributed by atoms with van der Waals surface area (Å²) in [6, 6.07) is 16.9. The van der Waals surface area contributed by atoms with Gasteiger partial charge in [-0.1, -0.05) is 35.5 Å². The van der Waals surface area contributed by atoms with Crippen molar-refractivity contribution >= 4 is 35.1 Å². The number of anilines is 1. The van der Waals surface area contributed by atoms with Crippen LogP contribution in [0.15, 0.2) is 59.8 Å². The van der Waals surface area contributed by atoms with Gasteiger partial charge in [-0.2, -0.15) is 5.10 Å². The molecule has 0 saturated heterocycles. The molecular formula is C23H23ClN6O2S. The number of aromatic nitrogens is 5. The number of rotatable bonds is 8. The highest BCUT2D eigenvalue weighted by Crippen LogP contribution is 2.32. The van der Waals surface area contributed by atoms with Crippen LogP contribution in [0, 0.1) is 6.92 Å². The summed E-state index contributed by atoms with van der Waals surface area (Å²) in [6.07, 6.45) is 0. The van der Waals surface area contributed by atoms with Gasteiger partial charge in [-0.25, -0.2) is 0 Å². The Balaban J connectivity index is 1.63. The Hall–Kier alpha value is -3.30. The van der Waals surface area contributed by atoms with E-state index in [1.165, 1.54) is 11.8 Å². The Morgan fingerprint density at radius 2 is 1.91 bits per heavy atom. The summed E-state index contributed by atoms with van der Waals surface area (Å²) in [6.45, 7) is 4.40. The number of benzene rings is 2. The van der Waals surface area contributed by atoms with Crippen LogP contribution in [0.5, 0.6) is 5.75 Å². The van der Waals surface area contributed by atoms with Crippen LogP contribution in [-0.2, 0) is 11.8 Å². The van der Waals surface area contributed by atoms with Gasteiger partial charge in [0.15, 0.2) is 11.0 Å². The lowest BCUT2D eigenvalue weighted by Gasteiger charge is -2.12. The second kappa shape index (κ2) is 10.1. The molecule has 8 nitrogen and oxygen atoms in total. The van der Waals surface area contributed by atoms with Crippen molar-refractivity contribution in [2.24, 2.45) is 7.05 Å². The van der Waals surface area contributed by atoms with Crippen LogP contribution in [-0.4, -0.2) is 42.8 Å². The number of amides is 1. The molecule has 2 aromatic carbocycles. The van der Waals surface area contributed by atoms with Crippen LogP contribution >= 0.6 is 23.4 Å². The third-order valence-electron chi connectivity index (χ3n) is 4.76. The minimum absolute atomic E-state index is 0.155. The van der Waals surface area contributed by atoms with Gasteiger partial charge in [0, 0.05) is 24.4 Å². The van der Waals surface area contributed by atoms with E-state index in [0.29, 0.717) is 28.4 Å². The molecule has 1 N–H and O–H groups in total. The Morgan fingerprint density at radius 1 is 1.15 bits per heavy atom. The Labute approximate surface area is 200 Å². The number of hydrogen-bond donors (Lipinski definition) is 1. The number of nitrogens with one attached hydrogen (secondary N) is 1. The van der Waals surface area contributed by atoms with Gasteiger partial charge in [-0.15, -0.1) is 10.2 Å². The van der Waals surface area contributed by atoms with Crippen LogP contribution in [0.25, 0.3) is 17.1 Å². The highest BCUT2D eigenvalue weighted by atomic mass is 35.5. The minimum Gasteiger partial charge on any atom is -0.494 e. The summed E-state index contributed by atoms with van der Waals surface area (Å²) in [5, 5.41) is 17.0. The standard InChI is InChI=1S/C23H23ClN6O2S/c1-4-32-17-11-9-16(10-12-17)30-22(18-7-5-6-8-19(18)24)26-27-23(30)33-14-21(31)25-20-13-15(2)28-29(20)3/h5-13H,4,14H2,1-3H3,(H,25,31). The zero-order chi connectivity index (χ0) is 23.4. The molecular weight excluding hydrogens is 460 g/mol. The van der Waals surface area contributed by atoms with Crippen molar-refractivity contribution in [3.63, 3.8) is 0 Å². The van der Waals surface area contributed by atoms with Crippen molar-refractivity contribution in [1.29, 1.82) is 0 Å². The fourth-order valence-electron chi connectivity index (χ4n) is 3.31. The Bertz CT molecular complexity index is 1270. The molecule has 0 saturated carbocycles. The lowest BCUT2D eigenvalue weighted by molar-refractivity contribution is -0.113. The Kier molecular flexibility index (Phi) is 7.00. The van der Waals surface area contributed by atoms with Crippen molar-refractivity contribution < 1.29 is 9.53 Å². The summed E-state index contributed by atoms with van der Waals surface area (Å²) in [5.74, 6) is 2.00. The van der Waals surface area contributed by atoms with Crippen LogP contribution in [0.3, 0.4) is 0 Å². The minimum atomic E-state index is -0.163. The maximum atomic E-state index is 12.6. The van der Waals surface area contributed by atoms with Crippen LogP contribution in [0.4, 0.5) is 5.82 Å². The number of halogens is 1. The Morgan fingerprint density at radius 3 is 2.58 bits per heavy atom. The van der Waals surface area contributed by atoms with Crippen molar-refractivity contribution in [3.05, 3.63) is 65.3 Å². The van der Waals surface area contributed by atoms with Crippen molar-refractivity contribution in [2.75, 3.05) is 17.7 Å². The highest BCUT2D eigenvalue weighted by Gasteiger charge is 2.19. The molecule has 170 valence electrons. The number of ether oxygens (including phenoxy) is 1. The second-order valence-electron chi connectivity index (χ2n) is 7.18. The van der Waals surface area contributed by atoms with E-state index in [4.69, 9.17) is 16.3 Å². The van der Waals surface area contributed by atoms with Gasteiger partial charge in [-0.3, -0.25) is 14.0 Å². The zero-order valence-corrected chi connectivity index (χ0v) is 20.0. The van der Waals surface area contributed by atoms with E-state index in [9.17, 15) is 4.79 Å². The number of aryl methyl sites for hydroxylation is 2. The molecule has 0 aliphatic heterocycles. The smallest absolute Gasteiger partial charge is 0.235 e. The molecule has 0 bridgehead atoms. The molecule has 4 rings (SSSR count). The normalized spacial score (nSPS) is 10.9. The zero-order valence-electron chi connectivity index (χ0n) is 18.4. The molecule has 33 heavy (non-hydrogen) atoms. The maximum Gasteiger partial charge on any atom is 0.235 e. The fraction of sp³-hybridized carbons (Fsp3) is 0.217. The third kappa shape index (κ3) is 5.20. The molecule has 0 aliphatic carbocycles. The van der Waals surface area contributed by atoms with E-state index >= 15 is 0 Å². The topological polar surface area (TPSA) is 86.9 Å². The number of carbonyl (C=O) groups is 1. The van der Waals surface area contributed by atoms with Gasteiger partial charge in [0.1, 0.15) is 11.6 Å². The van der Waals surface area contributed by atoms with Crippen LogP contribution in [0.1, 0.15) is 12.6 Å². The predicted octanol–water partition coefficient (Wildman–Crippen LogP) is 4.76. The summed E-state index contributed by atoms with van der Waals surface area (Å²) < 4.78 is 9.09. The van der Waals surface area contributed by atoms with Crippen molar-refractivity contribution in [1.82, 2.24) is 24.5 Å². The highest BCUT2D eigenvalue weighted by molar-refractivity contribution is 7.99. The molecule has 0 atom stereocenters. The molecule has 1 amide bonds. The lowest BCUT2D eigenvalue weighted by Crippen LogP contribution is -2.16. The summed E-state index contributed by atoms with van der Waals surface area (Å²) in [7, 11) is 1.79. The first-order valence-electron chi connectivity index (χ1n) is 10.3. The summed E-state index contributed by atoms with van der Waals surface area (Å²) >= 11 is 7.74. The predicted molar refractivity (Wildman–Crippen MR) is 130 cm³/mol. The van der Waals surface area contributed by atoms with Crippen molar-refractivity contribution in [3.8, 4) is 22.8 Å². The monoisotopic (exact) mass is 482 g/mol. The van der Waals surface area contributed by atoms with Gasteiger partial charge >= 0.3 is 0 Å². The first-order valence-corrected chi connectivity index (χ1v) is 11.7. The van der Waals surface area contributed by atoms with E-state index in [-0.39, 0.29) is 11.7 Å². The lowest BCUT2D eigenvalue weighted by atomic mass is 10.2. The molecule has 10 heteroatoms. The summed E-state index contributed by atoms with van der Waals surface area (Å²) in [5.41, 5.74) is 2.42. The molecule has 0 spiro atoms. The number of nitrogens with zero attached hydrogens (tertiary/aromatic N) is 5. The average Bonchev–Trinajstić information content (AvgIpc) is 3.35. The number of carbonyl (C=O) groups excluding carboxylic acids is 1. The maximum absolute atomic E-state index is 12.6. The van der Waals surface area contributed by atoms with E-state index in [2.05, 4.69) is 20.6 Å². The van der Waals surface area contributed by atoms with Gasteiger partial charge in [0.2, 0.25) is 5.91 Å². The third-order valence-corrected chi connectivity index (χ3v) is 6.01. The van der Waals surface area contributed by atoms with E-state index in [1.807, 2.05) is 73.0 Å². The number of hydrogen-bond acceptors (Lipinski definition) is 6. The molecule has 4 aromatic rings. The van der Waals surface area contributed by atoms with E-state index < -0.39 is 0 Å². The van der Waals surface area contributed by atoms with E-state index in [0.717, 1.165) is 22.7 Å².